The summed E-state index contributed by atoms with van der Waals surface area (Å²) in [6.07, 6.45) is 0.776. The molecular weight excluding hydrogens is 520 g/mol. The SMILES string of the molecule is CC(C)(C)OC(=O)N[C@H](CC(=O)[C@H](Cc1ccccc1)N(Cc1ccccc1)Cc1ccccc1)Cc1ccccc1. The van der Waals surface area contributed by atoms with E-state index in [9.17, 15) is 9.59 Å². The van der Waals surface area contributed by atoms with E-state index in [0.717, 1.165) is 22.3 Å². The smallest absolute Gasteiger partial charge is 0.407 e. The number of carbonyl (C=O) groups is 2. The highest BCUT2D eigenvalue weighted by Crippen LogP contribution is 2.21. The zero-order valence-electron chi connectivity index (χ0n) is 24.9. The highest BCUT2D eigenvalue weighted by Gasteiger charge is 2.30. The molecular formula is C37H42N2O3. The molecule has 218 valence electrons. The molecule has 5 heteroatoms. The van der Waals surface area contributed by atoms with Crippen LogP contribution in [0.1, 0.15) is 49.4 Å². The van der Waals surface area contributed by atoms with Gasteiger partial charge in [0.05, 0.1) is 6.04 Å². The molecule has 0 fully saturated rings. The molecule has 42 heavy (non-hydrogen) atoms. The number of carbonyl (C=O) groups excluding carboxylic acids is 2. The first-order chi connectivity index (χ1) is 20.2. The Bertz CT molecular complexity index is 1330. The van der Waals surface area contributed by atoms with Gasteiger partial charge in [0.25, 0.3) is 0 Å². The second-order valence-electron chi connectivity index (χ2n) is 11.8. The van der Waals surface area contributed by atoms with Crippen LogP contribution in [-0.2, 0) is 35.5 Å². The third-order valence-electron chi connectivity index (χ3n) is 7.03. The fourth-order valence-corrected chi connectivity index (χ4v) is 5.12. The summed E-state index contributed by atoms with van der Waals surface area (Å²) in [4.78, 5) is 29.5. The van der Waals surface area contributed by atoms with Gasteiger partial charge < -0.3 is 10.1 Å². The average molecular weight is 563 g/mol. The number of nitrogens with zero attached hydrogens (tertiary/aromatic N) is 1. The molecule has 5 nitrogen and oxygen atoms in total. The summed E-state index contributed by atoms with van der Waals surface area (Å²) in [5.74, 6) is 0.0858. The lowest BCUT2D eigenvalue weighted by molar-refractivity contribution is -0.125. The summed E-state index contributed by atoms with van der Waals surface area (Å²) in [6, 6.07) is 39.9. The summed E-state index contributed by atoms with van der Waals surface area (Å²) < 4.78 is 5.58. The number of ether oxygens (including phenoxy) is 1. The first-order valence-corrected chi connectivity index (χ1v) is 14.7. The van der Waals surface area contributed by atoms with Crippen molar-refractivity contribution in [2.24, 2.45) is 0 Å². The van der Waals surface area contributed by atoms with Gasteiger partial charge in [-0.25, -0.2) is 4.79 Å². The highest BCUT2D eigenvalue weighted by molar-refractivity contribution is 5.85. The van der Waals surface area contributed by atoms with Gasteiger partial charge >= 0.3 is 6.09 Å². The Labute approximate surface area is 250 Å². The van der Waals surface area contributed by atoms with Crippen LogP contribution in [-0.4, -0.2) is 34.5 Å². The van der Waals surface area contributed by atoms with Gasteiger partial charge in [-0.15, -0.1) is 0 Å². The van der Waals surface area contributed by atoms with E-state index in [2.05, 4.69) is 46.6 Å². The first kappa shape index (κ1) is 30.7. The maximum Gasteiger partial charge on any atom is 0.407 e. The normalized spacial score (nSPS) is 12.9. The number of rotatable bonds is 13. The maximum absolute atomic E-state index is 14.4. The van der Waals surface area contributed by atoms with Crippen LogP contribution in [0.15, 0.2) is 121 Å². The minimum absolute atomic E-state index is 0.0858. The highest BCUT2D eigenvalue weighted by atomic mass is 16.6. The number of hydrogen-bond donors (Lipinski definition) is 1. The molecule has 0 aliphatic heterocycles. The van der Waals surface area contributed by atoms with Crippen LogP contribution in [0.5, 0.6) is 0 Å². The van der Waals surface area contributed by atoms with Crippen molar-refractivity contribution in [2.75, 3.05) is 0 Å². The Morgan fingerprint density at radius 1 is 0.643 bits per heavy atom. The number of benzene rings is 4. The van der Waals surface area contributed by atoms with Crippen molar-refractivity contribution < 1.29 is 14.3 Å². The van der Waals surface area contributed by atoms with Crippen LogP contribution >= 0.6 is 0 Å². The lowest BCUT2D eigenvalue weighted by atomic mass is 9.93. The van der Waals surface area contributed by atoms with Crippen molar-refractivity contribution in [1.82, 2.24) is 10.2 Å². The Morgan fingerprint density at radius 2 is 1.05 bits per heavy atom. The van der Waals surface area contributed by atoms with Crippen molar-refractivity contribution in [2.45, 2.75) is 70.8 Å². The van der Waals surface area contributed by atoms with Gasteiger partial charge in [0.1, 0.15) is 5.60 Å². The zero-order chi connectivity index (χ0) is 29.8. The zero-order valence-corrected chi connectivity index (χ0v) is 24.9. The van der Waals surface area contributed by atoms with Gasteiger partial charge in [-0.05, 0) is 55.9 Å². The molecule has 0 unspecified atom stereocenters. The lowest BCUT2D eigenvalue weighted by Gasteiger charge is -2.32. The molecule has 0 heterocycles. The largest absolute Gasteiger partial charge is 0.444 e. The van der Waals surface area contributed by atoms with E-state index in [1.54, 1.807) is 0 Å². The van der Waals surface area contributed by atoms with E-state index >= 15 is 0 Å². The molecule has 0 saturated carbocycles. The molecule has 4 aromatic rings. The predicted molar refractivity (Wildman–Crippen MR) is 169 cm³/mol. The van der Waals surface area contributed by atoms with Crippen molar-refractivity contribution in [3.05, 3.63) is 144 Å². The number of amides is 1. The fraction of sp³-hybridized carbons (Fsp3) is 0.297. The van der Waals surface area contributed by atoms with Crippen molar-refractivity contribution in [3.8, 4) is 0 Å². The second-order valence-corrected chi connectivity index (χ2v) is 11.8. The molecule has 0 spiro atoms. The van der Waals surface area contributed by atoms with Gasteiger partial charge in [-0.2, -0.15) is 0 Å². The van der Waals surface area contributed by atoms with Crippen LogP contribution in [0.4, 0.5) is 4.79 Å². The summed E-state index contributed by atoms with van der Waals surface area (Å²) in [6.45, 7) is 6.77. The van der Waals surface area contributed by atoms with Crippen LogP contribution in [0, 0.1) is 0 Å². The number of hydrogen-bond acceptors (Lipinski definition) is 4. The Kier molecular flexibility index (Phi) is 11.1. The van der Waals surface area contributed by atoms with Gasteiger partial charge in [0.15, 0.2) is 5.78 Å². The topological polar surface area (TPSA) is 58.6 Å². The summed E-state index contributed by atoms with van der Waals surface area (Å²) >= 11 is 0. The summed E-state index contributed by atoms with van der Waals surface area (Å²) in [5.41, 5.74) is 3.81. The molecule has 0 aliphatic rings. The molecule has 0 saturated heterocycles. The molecule has 2 atom stereocenters. The fourth-order valence-electron chi connectivity index (χ4n) is 5.12. The van der Waals surface area contributed by atoms with E-state index in [1.807, 2.05) is 106 Å². The minimum Gasteiger partial charge on any atom is -0.444 e. The number of alkyl carbamates (subject to hydrolysis) is 1. The van der Waals surface area contributed by atoms with Crippen molar-refractivity contribution in [3.63, 3.8) is 0 Å². The number of ketones is 1. The van der Waals surface area contributed by atoms with Crippen LogP contribution in [0.2, 0.25) is 0 Å². The van der Waals surface area contributed by atoms with Crippen LogP contribution < -0.4 is 5.32 Å². The van der Waals surface area contributed by atoms with Gasteiger partial charge in [0, 0.05) is 25.6 Å². The molecule has 0 radical (unpaired) electrons. The van der Waals surface area contributed by atoms with Crippen molar-refractivity contribution >= 4 is 11.9 Å². The number of Topliss-reactive ketones (excluding diaryl/α,β-unsaturated/α-hetero) is 1. The third-order valence-corrected chi connectivity index (χ3v) is 7.03. The molecule has 0 aliphatic carbocycles. The van der Waals surface area contributed by atoms with E-state index < -0.39 is 23.8 Å². The lowest BCUT2D eigenvalue weighted by Crippen LogP contribution is -2.46. The summed E-state index contributed by atoms with van der Waals surface area (Å²) in [5, 5.41) is 3.01. The first-order valence-electron chi connectivity index (χ1n) is 14.7. The Balaban J connectivity index is 1.64. The molecule has 1 amide bonds. The molecule has 0 aromatic heterocycles. The van der Waals surface area contributed by atoms with E-state index in [-0.39, 0.29) is 12.2 Å². The predicted octanol–water partition coefficient (Wildman–Crippen LogP) is 7.40. The average Bonchev–Trinajstić information content (AvgIpc) is 2.96. The van der Waals surface area contributed by atoms with Crippen LogP contribution in [0.3, 0.4) is 0 Å². The van der Waals surface area contributed by atoms with Crippen LogP contribution in [0.25, 0.3) is 0 Å². The second kappa shape index (κ2) is 15.1. The Hall–Kier alpha value is -4.22. The maximum atomic E-state index is 14.4. The summed E-state index contributed by atoms with van der Waals surface area (Å²) in [7, 11) is 0. The van der Waals surface area contributed by atoms with E-state index in [1.165, 1.54) is 0 Å². The molecule has 4 rings (SSSR count). The minimum atomic E-state index is -0.636. The molecule has 4 aromatic carbocycles. The Morgan fingerprint density at radius 3 is 1.48 bits per heavy atom. The standard InChI is InChI=1S/C37H42N2O3/c1-37(2,3)42-36(41)38-33(24-29-16-8-4-9-17-29)26-35(40)34(25-30-18-10-5-11-19-30)39(27-31-20-12-6-13-21-31)28-32-22-14-7-15-23-32/h4-23,33-34H,24-28H2,1-3H3,(H,38,41)/t33-,34-/m0/s1. The van der Waals surface area contributed by atoms with E-state index in [4.69, 9.17) is 4.74 Å². The monoisotopic (exact) mass is 562 g/mol. The quantitative estimate of drug-likeness (QED) is 0.185. The third kappa shape index (κ3) is 10.3. The molecule has 1 N–H and O–H groups in total. The number of nitrogens with one attached hydrogen (secondary N) is 1. The molecule has 0 bridgehead atoms. The van der Waals surface area contributed by atoms with Gasteiger partial charge in [0.2, 0.25) is 0 Å². The van der Waals surface area contributed by atoms with E-state index in [0.29, 0.717) is 25.9 Å². The van der Waals surface area contributed by atoms with Gasteiger partial charge in [-0.3, -0.25) is 9.69 Å². The van der Waals surface area contributed by atoms with Crippen molar-refractivity contribution in [1.29, 1.82) is 0 Å². The van der Waals surface area contributed by atoms with Gasteiger partial charge in [-0.1, -0.05) is 121 Å².